The Morgan fingerprint density at radius 1 is 0.694 bits per heavy atom. The molecule has 24 nitrogen and oxygen atoms in total. The molecule has 1 aliphatic carbocycles. The number of likely N-dealkylation sites (tertiary alicyclic amines) is 1. The number of anilines is 2. The fourth-order valence-corrected chi connectivity index (χ4v) is 14.8. The summed E-state index contributed by atoms with van der Waals surface area (Å²) in [7, 11) is 3.01. The number of hydrogen-bond acceptors (Lipinski definition) is 18. The molecule has 4 aromatic heterocycles. The Hall–Kier alpha value is -13.9. The maximum absolute atomic E-state index is 13.8. The van der Waals surface area contributed by atoms with Gasteiger partial charge in [-0.15, -0.1) is 0 Å². The van der Waals surface area contributed by atoms with Gasteiger partial charge in [-0.05, 0) is 145 Å². The SMILES string of the molecule is COC(=O)C1=[N+](C)C(c2ccccc2)C(C)=CC1=O.Cc1cc2nc(NC(C(=O)O)c3ccccc3)oc(=O)c2c(C)c1Cc1cccnc1.O=C1CCC(=O)N1c1ccccc1.O=C1NC(=O)C2C1CC(Cc1cccnc1)=C1CN(C(=O)c3ccc(O)cc3)C(c3ccccc3)C12.On1ccnc1-c1ccccc1. The van der Waals surface area contributed by atoms with Gasteiger partial charge in [0, 0.05) is 78.6 Å². The van der Waals surface area contributed by atoms with Crippen LogP contribution in [-0.2, 0) is 51.1 Å². The first-order valence-corrected chi connectivity index (χ1v) is 35.8. The van der Waals surface area contributed by atoms with Crippen molar-refractivity contribution >= 4 is 75.6 Å². The summed E-state index contributed by atoms with van der Waals surface area (Å²) >= 11 is 0. The van der Waals surface area contributed by atoms with Crippen LogP contribution in [0.3, 0.4) is 0 Å². The topological polar surface area (TPSA) is 327 Å². The monoisotopic (exact) mass is 1490 g/mol. The number of nitrogens with zero attached hydrogens (tertiary/aromatic N) is 8. The number of benzene rings is 7. The Balaban J connectivity index is 0.000000137. The largest absolute Gasteiger partial charge is 0.508 e. The van der Waals surface area contributed by atoms with Crippen LogP contribution < -0.4 is 21.2 Å². The molecule has 0 bridgehead atoms. The van der Waals surface area contributed by atoms with Gasteiger partial charge in [0.2, 0.25) is 23.6 Å². The number of carbonyl (C=O) groups excluding carboxylic acids is 7. The molecule has 0 radical (unpaired) electrons. The number of carbonyl (C=O) groups is 8. The molecule has 4 aliphatic heterocycles. The molecular weight excluding hydrogens is 1410 g/mol. The van der Waals surface area contributed by atoms with E-state index in [0.717, 1.165) is 66.0 Å². The molecule has 11 aromatic rings. The van der Waals surface area contributed by atoms with E-state index < -0.39 is 41.5 Å². The quantitative estimate of drug-likeness (QED) is 0.0222. The summed E-state index contributed by atoms with van der Waals surface area (Å²) in [6.45, 7) is 6.10. The van der Waals surface area contributed by atoms with Gasteiger partial charge in [0.25, 0.3) is 17.7 Å². The van der Waals surface area contributed by atoms with E-state index in [1.165, 1.54) is 36.4 Å². The highest BCUT2D eigenvalue weighted by molar-refractivity contribution is 6.65. The van der Waals surface area contributed by atoms with Crippen LogP contribution in [0, 0.1) is 31.6 Å². The maximum Gasteiger partial charge on any atom is 0.407 e. The van der Waals surface area contributed by atoms with E-state index in [2.05, 4.69) is 35.3 Å². The Labute approximate surface area is 638 Å². The molecule has 5 N–H and O–H groups in total. The fraction of sp³-hybridized carbons (Fsp3) is 0.195. The Bertz CT molecular complexity index is 5420. The average Bonchev–Trinajstić information content (AvgIpc) is 1.57. The molecular formula is C87H79N10O14+. The van der Waals surface area contributed by atoms with E-state index in [1.54, 1.807) is 91.0 Å². The number of nitrogens with one attached hydrogen (secondary N) is 2. The summed E-state index contributed by atoms with van der Waals surface area (Å²) in [5, 5.41) is 34.3. The summed E-state index contributed by atoms with van der Waals surface area (Å²) in [6, 6.07) is 60.7. The van der Waals surface area contributed by atoms with Crippen molar-refractivity contribution < 1.29 is 67.5 Å². The van der Waals surface area contributed by atoms with Gasteiger partial charge in [-0.3, -0.25) is 49.0 Å². The van der Waals surface area contributed by atoms with Crippen LogP contribution in [0.4, 0.5) is 11.7 Å². The number of methoxy groups -OCH3 is 1. The molecule has 8 heterocycles. The summed E-state index contributed by atoms with van der Waals surface area (Å²) in [4.78, 5) is 130. The number of pyridine rings is 2. The smallest absolute Gasteiger partial charge is 0.407 e. The Morgan fingerprint density at radius 2 is 1.28 bits per heavy atom. The number of phenols is 1. The van der Waals surface area contributed by atoms with Crippen LogP contribution in [0.25, 0.3) is 22.3 Å². The van der Waals surface area contributed by atoms with E-state index in [-0.39, 0.29) is 64.8 Å². The fourth-order valence-electron chi connectivity index (χ4n) is 14.8. The highest BCUT2D eigenvalue weighted by Crippen LogP contribution is 2.54. The molecule has 24 heteroatoms. The average molecular weight is 1490 g/mol. The third kappa shape index (κ3) is 17.4. The van der Waals surface area contributed by atoms with Crippen molar-refractivity contribution in [2.75, 3.05) is 30.9 Å². The van der Waals surface area contributed by atoms with Gasteiger partial charge in [0.1, 0.15) is 12.8 Å². The summed E-state index contributed by atoms with van der Waals surface area (Å²) in [6.07, 6.45) is 14.1. The van der Waals surface area contributed by atoms with E-state index in [4.69, 9.17) is 4.42 Å². The molecule has 6 unspecified atom stereocenters. The number of rotatable bonds is 14. The number of aromatic hydroxyl groups is 1. The minimum Gasteiger partial charge on any atom is -0.508 e. The number of carboxylic acids is 1. The van der Waals surface area contributed by atoms with Gasteiger partial charge in [0.15, 0.2) is 17.9 Å². The van der Waals surface area contributed by atoms with Crippen LogP contribution in [0.2, 0.25) is 0 Å². The van der Waals surface area contributed by atoms with Gasteiger partial charge >= 0.3 is 23.3 Å². The first-order valence-electron chi connectivity index (χ1n) is 35.8. The van der Waals surface area contributed by atoms with Gasteiger partial charge in [-0.2, -0.15) is 9.71 Å². The molecule has 3 saturated heterocycles. The molecule has 560 valence electrons. The number of aryl methyl sites for hydroxylation is 2. The molecule has 0 saturated carbocycles. The summed E-state index contributed by atoms with van der Waals surface area (Å²) in [5.41, 5.74) is 12.4. The van der Waals surface area contributed by atoms with Crippen molar-refractivity contribution in [1.29, 1.82) is 0 Å². The Morgan fingerprint density at radius 3 is 1.86 bits per heavy atom. The van der Waals surface area contributed by atoms with Gasteiger partial charge in [0.05, 0.1) is 47.8 Å². The second-order valence-electron chi connectivity index (χ2n) is 27.0. The van der Waals surface area contributed by atoms with E-state index >= 15 is 0 Å². The molecule has 5 aliphatic rings. The number of ether oxygens (including phenoxy) is 1. The van der Waals surface area contributed by atoms with E-state index in [1.807, 2.05) is 171 Å². The number of aromatic nitrogens is 5. The van der Waals surface area contributed by atoms with Crippen LogP contribution >= 0.6 is 0 Å². The van der Waals surface area contributed by atoms with E-state index in [9.17, 15) is 58.6 Å². The zero-order valence-electron chi connectivity index (χ0n) is 61.3. The standard InChI is InChI=1S/C29H25N3O4.C24H21N3O4.C15H16NO3.C10H9NO2.C9H8N2O/c33-21-10-8-19(9-11-21)29(36)32-16-23-20(13-17-5-4-12-30-15-17)14-22-25(28(35)31-27(22)34)24(23)26(32)18-6-2-1-3-7-18;1-14-11-19-20(15(2)18(14)12-16-7-6-10-25-13-16)23(30)31-24(26-19)27-21(22(28)29)17-8-4-3-5-9-17;1-10-9-12(17)14(15(18)19-3)16(2)13(10)11-7-5-4-6-8-11;12-9-6-7-10(13)11(9)8-4-2-1-3-5-8;12-11-7-6-10-9(11)8-4-2-1-3-5-8/h1-12,15,22,24-26,33H,13-14,16H2,(H,31,34,35);3-11,13,21H,12H2,1-2H3,(H,26,27)(H,28,29);4-9,13H,1-3H3;1-5H,6-7H2;1-7,12H/q;;+1;;. The lowest BCUT2D eigenvalue weighted by atomic mass is 9.67. The highest BCUT2D eigenvalue weighted by Gasteiger charge is 2.57. The first-order chi connectivity index (χ1) is 53.7. The third-order valence-electron chi connectivity index (χ3n) is 20.0. The number of esters is 1. The zero-order valence-corrected chi connectivity index (χ0v) is 61.3. The Kier molecular flexibility index (Phi) is 24.0. The molecule has 7 aromatic carbocycles. The number of carboxylic acid groups (broad SMARTS) is 1. The van der Waals surface area contributed by atoms with Gasteiger partial charge < -0.3 is 34.8 Å². The number of phenolic OH excluding ortho intramolecular Hbond substituents is 1. The molecule has 111 heavy (non-hydrogen) atoms. The van der Waals surface area contributed by atoms with Crippen molar-refractivity contribution in [3.63, 3.8) is 0 Å². The predicted octanol–water partition coefficient (Wildman–Crippen LogP) is 12.1. The number of aliphatic carboxylic acids is 1. The number of amides is 5. The second kappa shape index (κ2) is 34.8. The van der Waals surface area contributed by atoms with Crippen molar-refractivity contribution in [3.8, 4) is 17.1 Å². The molecule has 6 atom stereocenters. The van der Waals surface area contributed by atoms with E-state index in [0.29, 0.717) is 72.2 Å². The lowest BCUT2D eigenvalue weighted by Crippen LogP contribution is -2.38. The minimum absolute atomic E-state index is 0.0713. The lowest BCUT2D eigenvalue weighted by molar-refractivity contribution is -0.533. The minimum atomic E-state index is -1.10. The predicted molar refractivity (Wildman–Crippen MR) is 413 cm³/mol. The maximum atomic E-state index is 13.8. The lowest BCUT2D eigenvalue weighted by Gasteiger charge is -2.35. The third-order valence-corrected chi connectivity index (χ3v) is 20.0. The highest BCUT2D eigenvalue weighted by atomic mass is 16.5. The van der Waals surface area contributed by atoms with Crippen LogP contribution in [-0.4, -0.2) is 123 Å². The number of fused-ring (bicyclic) bond motifs is 4. The van der Waals surface area contributed by atoms with Crippen molar-refractivity contribution in [2.24, 2.45) is 17.8 Å². The van der Waals surface area contributed by atoms with Gasteiger partial charge in [-0.1, -0.05) is 157 Å². The number of para-hydroxylation sites is 1. The first kappa shape index (κ1) is 76.7. The number of imidazole rings is 1. The summed E-state index contributed by atoms with van der Waals surface area (Å²) in [5.74, 6) is -3.49. The molecule has 16 rings (SSSR count). The van der Waals surface area contributed by atoms with Crippen LogP contribution in [0.15, 0.2) is 275 Å². The number of allylic oxidation sites excluding steroid dienone is 2. The van der Waals surface area contributed by atoms with Gasteiger partial charge in [-0.25, -0.2) is 23.9 Å². The summed E-state index contributed by atoms with van der Waals surface area (Å²) < 4.78 is 12.7. The van der Waals surface area contributed by atoms with Crippen molar-refractivity contribution in [1.82, 2.24) is 34.9 Å². The number of likely N-dealkylation sites (N-methyl/N-ethyl adjacent to an activating group) is 1. The number of hydrogen-bond donors (Lipinski definition) is 5. The normalized spacial score (nSPS) is 17.8. The molecule has 5 amide bonds. The van der Waals surface area contributed by atoms with Crippen LogP contribution in [0.1, 0.15) is 99.2 Å². The molecule has 0 spiro atoms. The molecule has 3 fully saturated rings. The number of ketones is 1. The van der Waals surface area contributed by atoms with Crippen LogP contribution in [0.5, 0.6) is 5.75 Å². The zero-order chi connectivity index (χ0) is 78.4. The van der Waals surface area contributed by atoms with Crippen molar-refractivity contribution in [3.05, 3.63) is 327 Å². The van der Waals surface area contributed by atoms with Crippen molar-refractivity contribution in [2.45, 2.75) is 71.0 Å². The second-order valence-corrected chi connectivity index (χ2v) is 27.0. The number of imide groups is 2.